The van der Waals surface area contributed by atoms with E-state index in [-0.39, 0.29) is 24.0 Å². The van der Waals surface area contributed by atoms with Crippen LogP contribution in [-0.2, 0) is 11.2 Å². The highest BCUT2D eigenvalue weighted by molar-refractivity contribution is 5.76. The van der Waals surface area contributed by atoms with Crippen molar-refractivity contribution in [3.8, 4) is 0 Å². The molecule has 0 fully saturated rings. The van der Waals surface area contributed by atoms with Crippen molar-refractivity contribution in [1.82, 2.24) is 5.32 Å². The molecule has 1 amide bonds. The minimum atomic E-state index is -0.225. The molecule has 0 aromatic heterocycles. The fourth-order valence-corrected chi connectivity index (χ4v) is 2.33. The zero-order valence-electron chi connectivity index (χ0n) is 13.1. The lowest BCUT2D eigenvalue weighted by atomic mass is 9.84. The van der Waals surface area contributed by atoms with Gasteiger partial charge in [0.05, 0.1) is 12.6 Å². The Bertz CT molecular complexity index is 418. The van der Waals surface area contributed by atoms with Crippen LogP contribution in [0.15, 0.2) is 30.3 Å². The van der Waals surface area contributed by atoms with Gasteiger partial charge in [-0.15, -0.1) is 0 Å². The number of aliphatic hydroxyl groups excluding tert-OH is 1. The first kappa shape index (κ1) is 17.7. The molecule has 4 heteroatoms. The van der Waals surface area contributed by atoms with E-state index in [0.29, 0.717) is 19.4 Å². The van der Waals surface area contributed by atoms with E-state index in [9.17, 15) is 9.90 Å². The van der Waals surface area contributed by atoms with Gasteiger partial charge in [-0.1, -0.05) is 44.2 Å². The SMILES string of the molecule is CC(C)(CCN)CCC(=O)NC(CO)Cc1ccccc1. The Morgan fingerprint density at radius 1 is 1.29 bits per heavy atom. The molecule has 1 unspecified atom stereocenters. The summed E-state index contributed by atoms with van der Waals surface area (Å²) in [5, 5.41) is 12.3. The maximum atomic E-state index is 12.0. The second-order valence-corrected chi connectivity index (χ2v) is 6.34. The van der Waals surface area contributed by atoms with Crippen molar-refractivity contribution in [1.29, 1.82) is 0 Å². The number of hydrogen-bond acceptors (Lipinski definition) is 3. The van der Waals surface area contributed by atoms with Gasteiger partial charge >= 0.3 is 0 Å². The van der Waals surface area contributed by atoms with Crippen molar-refractivity contribution in [2.75, 3.05) is 13.2 Å². The Morgan fingerprint density at radius 3 is 2.52 bits per heavy atom. The molecule has 4 nitrogen and oxygen atoms in total. The van der Waals surface area contributed by atoms with Crippen molar-refractivity contribution in [2.45, 2.75) is 45.6 Å². The highest BCUT2D eigenvalue weighted by atomic mass is 16.3. The number of hydrogen-bond donors (Lipinski definition) is 3. The van der Waals surface area contributed by atoms with Crippen LogP contribution in [0.4, 0.5) is 0 Å². The number of aliphatic hydroxyl groups is 1. The van der Waals surface area contributed by atoms with Crippen molar-refractivity contribution in [2.24, 2.45) is 11.1 Å². The number of amides is 1. The smallest absolute Gasteiger partial charge is 0.220 e. The van der Waals surface area contributed by atoms with Crippen LogP contribution in [0.2, 0.25) is 0 Å². The first-order valence-electron chi connectivity index (χ1n) is 7.61. The van der Waals surface area contributed by atoms with Crippen LogP contribution in [0, 0.1) is 5.41 Å². The van der Waals surface area contributed by atoms with Crippen LogP contribution < -0.4 is 11.1 Å². The fraction of sp³-hybridized carbons (Fsp3) is 0.588. The Balaban J connectivity index is 2.41. The number of carbonyl (C=O) groups excluding carboxylic acids is 1. The molecule has 1 rings (SSSR count). The number of nitrogens with two attached hydrogens (primary N) is 1. The van der Waals surface area contributed by atoms with Crippen molar-refractivity contribution in [3.05, 3.63) is 35.9 Å². The third-order valence-corrected chi connectivity index (χ3v) is 3.76. The van der Waals surface area contributed by atoms with Crippen molar-refractivity contribution >= 4 is 5.91 Å². The monoisotopic (exact) mass is 292 g/mol. The third kappa shape index (κ3) is 7.25. The fourth-order valence-electron chi connectivity index (χ4n) is 2.33. The molecular formula is C17H28N2O2. The summed E-state index contributed by atoms with van der Waals surface area (Å²) in [7, 11) is 0. The Labute approximate surface area is 127 Å². The van der Waals surface area contributed by atoms with Gasteiger partial charge in [0.2, 0.25) is 5.91 Å². The number of benzene rings is 1. The van der Waals surface area contributed by atoms with Crippen LogP contribution >= 0.6 is 0 Å². The average molecular weight is 292 g/mol. The predicted octanol–water partition coefficient (Wildman–Crippen LogP) is 1.86. The van der Waals surface area contributed by atoms with Crippen LogP contribution in [-0.4, -0.2) is 30.2 Å². The third-order valence-electron chi connectivity index (χ3n) is 3.76. The topological polar surface area (TPSA) is 75.4 Å². The standard InChI is InChI=1S/C17H28N2O2/c1-17(2,10-11-18)9-8-16(21)19-15(13-20)12-14-6-4-3-5-7-14/h3-7,15,20H,8-13,18H2,1-2H3,(H,19,21). The molecule has 118 valence electrons. The van der Waals surface area contributed by atoms with Crippen LogP contribution in [0.5, 0.6) is 0 Å². The first-order chi connectivity index (χ1) is 9.96. The summed E-state index contributed by atoms with van der Waals surface area (Å²) in [5.41, 5.74) is 6.77. The molecule has 0 radical (unpaired) electrons. The molecule has 1 atom stereocenters. The van der Waals surface area contributed by atoms with Gasteiger partial charge < -0.3 is 16.2 Å². The van der Waals surface area contributed by atoms with Gasteiger partial charge in [-0.05, 0) is 36.8 Å². The molecule has 0 aliphatic carbocycles. The van der Waals surface area contributed by atoms with Gasteiger partial charge in [-0.3, -0.25) is 4.79 Å². The van der Waals surface area contributed by atoms with E-state index in [1.165, 1.54) is 0 Å². The van der Waals surface area contributed by atoms with Gasteiger partial charge in [0, 0.05) is 6.42 Å². The molecule has 0 saturated heterocycles. The maximum absolute atomic E-state index is 12.0. The van der Waals surface area contributed by atoms with Gasteiger partial charge in [0.15, 0.2) is 0 Å². The van der Waals surface area contributed by atoms with E-state index in [4.69, 9.17) is 5.73 Å². The second-order valence-electron chi connectivity index (χ2n) is 6.34. The molecule has 0 bridgehead atoms. The Kier molecular flexibility index (Phi) is 7.40. The molecule has 0 aliphatic rings. The summed E-state index contributed by atoms with van der Waals surface area (Å²) in [6.45, 7) is 4.84. The lowest BCUT2D eigenvalue weighted by Gasteiger charge is -2.24. The summed E-state index contributed by atoms with van der Waals surface area (Å²) in [6, 6.07) is 9.65. The van der Waals surface area contributed by atoms with E-state index >= 15 is 0 Å². The molecule has 0 aliphatic heterocycles. The van der Waals surface area contributed by atoms with E-state index in [1.54, 1.807) is 0 Å². The number of nitrogens with one attached hydrogen (secondary N) is 1. The zero-order valence-corrected chi connectivity index (χ0v) is 13.1. The molecule has 21 heavy (non-hydrogen) atoms. The summed E-state index contributed by atoms with van der Waals surface area (Å²) in [6.07, 6.45) is 2.83. The van der Waals surface area contributed by atoms with Crippen molar-refractivity contribution in [3.63, 3.8) is 0 Å². The van der Waals surface area contributed by atoms with E-state index in [1.807, 2.05) is 30.3 Å². The summed E-state index contributed by atoms with van der Waals surface area (Å²) in [5.74, 6) is -0.00456. The summed E-state index contributed by atoms with van der Waals surface area (Å²) < 4.78 is 0. The molecule has 1 aromatic carbocycles. The van der Waals surface area contributed by atoms with Crippen LogP contribution in [0.25, 0.3) is 0 Å². The predicted molar refractivity (Wildman–Crippen MR) is 85.8 cm³/mol. The second kappa shape index (κ2) is 8.80. The maximum Gasteiger partial charge on any atom is 0.220 e. The molecular weight excluding hydrogens is 264 g/mol. The first-order valence-corrected chi connectivity index (χ1v) is 7.61. The molecule has 4 N–H and O–H groups in total. The normalized spacial score (nSPS) is 13.0. The Morgan fingerprint density at radius 2 is 1.95 bits per heavy atom. The number of rotatable bonds is 9. The Hall–Kier alpha value is -1.39. The summed E-state index contributed by atoms with van der Waals surface area (Å²) >= 11 is 0. The van der Waals surface area contributed by atoms with E-state index in [0.717, 1.165) is 18.4 Å². The molecule has 1 aromatic rings. The molecule has 0 spiro atoms. The van der Waals surface area contributed by atoms with Crippen LogP contribution in [0.3, 0.4) is 0 Å². The van der Waals surface area contributed by atoms with Gasteiger partial charge in [-0.25, -0.2) is 0 Å². The quantitative estimate of drug-likeness (QED) is 0.650. The van der Waals surface area contributed by atoms with E-state index in [2.05, 4.69) is 19.2 Å². The van der Waals surface area contributed by atoms with Gasteiger partial charge in [-0.2, -0.15) is 0 Å². The largest absolute Gasteiger partial charge is 0.394 e. The van der Waals surface area contributed by atoms with Gasteiger partial charge in [0.1, 0.15) is 0 Å². The minimum Gasteiger partial charge on any atom is -0.394 e. The van der Waals surface area contributed by atoms with Crippen LogP contribution in [0.1, 0.15) is 38.7 Å². The summed E-state index contributed by atoms with van der Waals surface area (Å²) in [4.78, 5) is 12.0. The molecule has 0 heterocycles. The van der Waals surface area contributed by atoms with E-state index < -0.39 is 0 Å². The van der Waals surface area contributed by atoms with Gasteiger partial charge in [0.25, 0.3) is 0 Å². The lowest BCUT2D eigenvalue weighted by Crippen LogP contribution is -2.39. The highest BCUT2D eigenvalue weighted by Gasteiger charge is 2.19. The lowest BCUT2D eigenvalue weighted by molar-refractivity contribution is -0.122. The average Bonchev–Trinajstić information content (AvgIpc) is 2.45. The number of carbonyl (C=O) groups is 1. The highest BCUT2D eigenvalue weighted by Crippen LogP contribution is 2.25. The minimum absolute atomic E-state index is 0.00456. The molecule has 0 saturated carbocycles. The van der Waals surface area contributed by atoms with Crippen molar-refractivity contribution < 1.29 is 9.90 Å². The zero-order chi connectivity index (χ0) is 15.7.